The lowest BCUT2D eigenvalue weighted by molar-refractivity contribution is -0.107. The fraction of sp³-hybridized carbons (Fsp3) is 1.00. The van der Waals surface area contributed by atoms with Gasteiger partial charge in [-0.25, -0.2) is 0 Å². The summed E-state index contributed by atoms with van der Waals surface area (Å²) in [4.78, 5) is 0. The first-order valence-electron chi connectivity index (χ1n) is 6.29. The van der Waals surface area contributed by atoms with Crippen molar-refractivity contribution >= 4 is 0 Å². The van der Waals surface area contributed by atoms with E-state index in [1.807, 2.05) is 0 Å². The van der Waals surface area contributed by atoms with Gasteiger partial charge < -0.3 is 19.7 Å². The predicted octanol–water partition coefficient (Wildman–Crippen LogP) is 1.69. The Labute approximate surface area is 98.6 Å². The molecule has 0 rings (SSSR count). The van der Waals surface area contributed by atoms with Crippen molar-refractivity contribution in [1.29, 1.82) is 0 Å². The topological polar surface area (TPSA) is 58.9 Å². The zero-order valence-corrected chi connectivity index (χ0v) is 10.4. The molecule has 0 bridgehead atoms. The second-order valence-electron chi connectivity index (χ2n) is 3.86. The monoisotopic (exact) mass is 234 g/mol. The van der Waals surface area contributed by atoms with Crippen LogP contribution in [-0.2, 0) is 9.47 Å². The number of unbranched alkanes of at least 4 members (excludes halogenated alkanes) is 2. The third-order valence-electron chi connectivity index (χ3n) is 2.24. The van der Waals surface area contributed by atoms with Crippen molar-refractivity contribution in [3.8, 4) is 0 Å². The molecule has 4 nitrogen and oxygen atoms in total. The zero-order valence-electron chi connectivity index (χ0n) is 10.4. The summed E-state index contributed by atoms with van der Waals surface area (Å²) in [5, 5.41) is 17.9. The van der Waals surface area contributed by atoms with Gasteiger partial charge in [-0.3, -0.25) is 0 Å². The standard InChI is InChI=1S/C12H26O4/c1-2-3-4-7-12(14)16-11-6-10-15-9-5-8-13/h12-14H,2-11H2,1H3. The number of hydrogen-bond donors (Lipinski definition) is 2. The fourth-order valence-electron chi connectivity index (χ4n) is 1.30. The lowest BCUT2D eigenvalue weighted by Gasteiger charge is -2.11. The summed E-state index contributed by atoms with van der Waals surface area (Å²) in [6.45, 7) is 4.06. The van der Waals surface area contributed by atoms with Gasteiger partial charge in [0.2, 0.25) is 0 Å². The molecule has 1 unspecified atom stereocenters. The largest absolute Gasteiger partial charge is 0.396 e. The number of aliphatic hydroxyl groups is 2. The molecule has 1 atom stereocenters. The highest BCUT2D eigenvalue weighted by atomic mass is 16.6. The van der Waals surface area contributed by atoms with E-state index in [1.54, 1.807) is 0 Å². The van der Waals surface area contributed by atoms with Gasteiger partial charge in [-0.15, -0.1) is 0 Å². The Kier molecular flexibility index (Phi) is 12.8. The van der Waals surface area contributed by atoms with Crippen LogP contribution < -0.4 is 0 Å². The highest BCUT2D eigenvalue weighted by Crippen LogP contribution is 2.04. The third kappa shape index (κ3) is 11.9. The Balaban J connectivity index is 3.06. The van der Waals surface area contributed by atoms with Gasteiger partial charge in [-0.1, -0.05) is 19.8 Å². The maximum atomic E-state index is 9.42. The molecule has 0 aromatic heterocycles. The predicted molar refractivity (Wildman–Crippen MR) is 63.2 cm³/mol. The minimum atomic E-state index is -0.621. The molecule has 0 aromatic carbocycles. The zero-order chi connectivity index (χ0) is 12.1. The first kappa shape index (κ1) is 15.8. The van der Waals surface area contributed by atoms with Gasteiger partial charge in [-0.2, -0.15) is 0 Å². The average molecular weight is 234 g/mol. The molecule has 0 aliphatic rings. The number of hydrogen-bond acceptors (Lipinski definition) is 4. The minimum absolute atomic E-state index is 0.173. The van der Waals surface area contributed by atoms with Crippen molar-refractivity contribution < 1.29 is 19.7 Å². The van der Waals surface area contributed by atoms with Crippen LogP contribution in [0, 0.1) is 0 Å². The molecule has 0 aliphatic carbocycles. The van der Waals surface area contributed by atoms with E-state index in [2.05, 4.69) is 6.92 Å². The molecule has 16 heavy (non-hydrogen) atoms. The molecule has 0 heterocycles. The van der Waals surface area contributed by atoms with Crippen LogP contribution in [0.4, 0.5) is 0 Å². The van der Waals surface area contributed by atoms with E-state index in [9.17, 15) is 5.11 Å². The first-order chi connectivity index (χ1) is 7.81. The normalized spacial score (nSPS) is 12.9. The highest BCUT2D eigenvalue weighted by molar-refractivity contribution is 4.45. The minimum Gasteiger partial charge on any atom is -0.396 e. The van der Waals surface area contributed by atoms with Gasteiger partial charge in [0.15, 0.2) is 6.29 Å². The molecule has 4 heteroatoms. The van der Waals surface area contributed by atoms with Crippen molar-refractivity contribution in [2.75, 3.05) is 26.4 Å². The van der Waals surface area contributed by atoms with Crippen LogP contribution in [0.5, 0.6) is 0 Å². The van der Waals surface area contributed by atoms with E-state index in [4.69, 9.17) is 14.6 Å². The molecule has 0 saturated carbocycles. The quantitative estimate of drug-likeness (QED) is 0.398. The molecule has 0 spiro atoms. The Morgan fingerprint density at radius 1 is 1.00 bits per heavy atom. The van der Waals surface area contributed by atoms with Gasteiger partial charge in [0, 0.05) is 19.8 Å². The van der Waals surface area contributed by atoms with Gasteiger partial charge in [0.1, 0.15) is 0 Å². The number of rotatable bonds is 12. The molecular weight excluding hydrogens is 208 g/mol. The molecule has 0 saturated heterocycles. The van der Waals surface area contributed by atoms with Crippen molar-refractivity contribution in [2.24, 2.45) is 0 Å². The molecule has 2 N–H and O–H groups in total. The van der Waals surface area contributed by atoms with Crippen molar-refractivity contribution in [1.82, 2.24) is 0 Å². The molecule has 0 fully saturated rings. The van der Waals surface area contributed by atoms with Crippen LogP contribution >= 0.6 is 0 Å². The molecule has 0 amide bonds. The lowest BCUT2D eigenvalue weighted by atomic mass is 10.2. The third-order valence-corrected chi connectivity index (χ3v) is 2.24. The van der Waals surface area contributed by atoms with E-state index in [0.29, 0.717) is 26.2 Å². The van der Waals surface area contributed by atoms with Crippen LogP contribution in [0.3, 0.4) is 0 Å². The van der Waals surface area contributed by atoms with Crippen LogP contribution in [0.1, 0.15) is 45.4 Å². The smallest absolute Gasteiger partial charge is 0.154 e. The fourth-order valence-corrected chi connectivity index (χ4v) is 1.30. The Hall–Kier alpha value is -0.160. The maximum absolute atomic E-state index is 9.42. The second kappa shape index (κ2) is 12.9. The Morgan fingerprint density at radius 3 is 2.44 bits per heavy atom. The van der Waals surface area contributed by atoms with Gasteiger partial charge in [0.05, 0.1) is 6.61 Å². The van der Waals surface area contributed by atoms with Gasteiger partial charge in [-0.05, 0) is 25.7 Å². The van der Waals surface area contributed by atoms with Gasteiger partial charge in [0.25, 0.3) is 0 Å². The summed E-state index contributed by atoms with van der Waals surface area (Å²) >= 11 is 0. The van der Waals surface area contributed by atoms with E-state index < -0.39 is 6.29 Å². The lowest BCUT2D eigenvalue weighted by Crippen LogP contribution is -2.13. The molecule has 0 aromatic rings. The molecule has 98 valence electrons. The van der Waals surface area contributed by atoms with Crippen LogP contribution in [-0.4, -0.2) is 42.9 Å². The van der Waals surface area contributed by atoms with E-state index in [0.717, 1.165) is 32.1 Å². The molecule has 0 aliphatic heterocycles. The summed E-state index contributed by atoms with van der Waals surface area (Å²) in [5.41, 5.74) is 0. The second-order valence-corrected chi connectivity index (χ2v) is 3.86. The summed E-state index contributed by atoms with van der Waals surface area (Å²) in [6.07, 6.45) is 4.89. The van der Waals surface area contributed by atoms with Crippen molar-refractivity contribution in [2.45, 2.75) is 51.7 Å². The first-order valence-corrected chi connectivity index (χ1v) is 6.29. The molecular formula is C12H26O4. The van der Waals surface area contributed by atoms with E-state index in [1.165, 1.54) is 0 Å². The Morgan fingerprint density at radius 2 is 1.75 bits per heavy atom. The highest BCUT2D eigenvalue weighted by Gasteiger charge is 2.02. The average Bonchev–Trinajstić information content (AvgIpc) is 2.28. The summed E-state index contributed by atoms with van der Waals surface area (Å²) < 4.78 is 10.5. The van der Waals surface area contributed by atoms with Crippen molar-refractivity contribution in [3.05, 3.63) is 0 Å². The summed E-state index contributed by atoms with van der Waals surface area (Å²) in [5.74, 6) is 0. The van der Waals surface area contributed by atoms with E-state index >= 15 is 0 Å². The van der Waals surface area contributed by atoms with Crippen LogP contribution in [0.2, 0.25) is 0 Å². The number of aliphatic hydroxyl groups excluding tert-OH is 2. The SMILES string of the molecule is CCCCCC(O)OCCCOCCCO. The van der Waals surface area contributed by atoms with E-state index in [-0.39, 0.29) is 6.61 Å². The van der Waals surface area contributed by atoms with Gasteiger partial charge >= 0.3 is 0 Å². The van der Waals surface area contributed by atoms with Crippen LogP contribution in [0.25, 0.3) is 0 Å². The number of ether oxygens (including phenoxy) is 2. The maximum Gasteiger partial charge on any atom is 0.154 e. The van der Waals surface area contributed by atoms with Crippen LogP contribution in [0.15, 0.2) is 0 Å². The molecule has 0 radical (unpaired) electrons. The van der Waals surface area contributed by atoms with Crippen molar-refractivity contribution in [3.63, 3.8) is 0 Å². The summed E-state index contributed by atoms with van der Waals surface area (Å²) in [7, 11) is 0. The summed E-state index contributed by atoms with van der Waals surface area (Å²) in [6, 6.07) is 0. The Bertz CT molecular complexity index is 130.